The molecule has 25 heavy (non-hydrogen) atoms. The Hall–Kier alpha value is -2.06. The standard InChI is InChI=1S/C17H24N4O3S/c1-12-5-7-14(8-6-12)11-18-15(22)13(2)25-17-20-19-16(23)21(17)9-4-10-24-3/h5-8,13H,4,9-11H2,1-3H3,(H,18,22)(H,19,23). The predicted octanol–water partition coefficient (Wildman–Crippen LogP) is 1.71. The number of aromatic amines is 1. The van der Waals surface area contributed by atoms with Crippen LogP contribution in [0.1, 0.15) is 24.5 Å². The molecule has 0 fully saturated rings. The number of benzene rings is 1. The molecule has 1 heterocycles. The number of nitrogens with one attached hydrogen (secondary N) is 2. The van der Waals surface area contributed by atoms with Gasteiger partial charge in [0.25, 0.3) is 0 Å². The summed E-state index contributed by atoms with van der Waals surface area (Å²) in [5, 5.41) is 9.51. The van der Waals surface area contributed by atoms with Crippen LogP contribution in [0.5, 0.6) is 0 Å². The Morgan fingerprint density at radius 2 is 2.12 bits per heavy atom. The lowest BCUT2D eigenvalue weighted by Gasteiger charge is -2.12. The highest BCUT2D eigenvalue weighted by Gasteiger charge is 2.18. The number of hydrogen-bond donors (Lipinski definition) is 2. The summed E-state index contributed by atoms with van der Waals surface area (Å²) in [7, 11) is 1.62. The summed E-state index contributed by atoms with van der Waals surface area (Å²) in [5.74, 6) is -0.0931. The van der Waals surface area contributed by atoms with E-state index in [0.717, 1.165) is 5.56 Å². The molecule has 1 unspecified atom stereocenters. The smallest absolute Gasteiger partial charge is 0.343 e. The first kappa shape index (κ1) is 19.3. The summed E-state index contributed by atoms with van der Waals surface area (Å²) in [6.45, 7) is 5.37. The molecule has 2 aromatic rings. The number of ether oxygens (including phenoxy) is 1. The molecule has 0 saturated heterocycles. The molecular weight excluding hydrogens is 340 g/mol. The van der Waals surface area contributed by atoms with Crippen LogP contribution in [-0.4, -0.2) is 39.6 Å². The van der Waals surface area contributed by atoms with Gasteiger partial charge in [0.15, 0.2) is 5.16 Å². The van der Waals surface area contributed by atoms with Crippen LogP contribution in [0.4, 0.5) is 0 Å². The van der Waals surface area contributed by atoms with Gasteiger partial charge < -0.3 is 10.1 Å². The molecule has 0 spiro atoms. The molecule has 1 aromatic carbocycles. The molecule has 1 aromatic heterocycles. The fraction of sp³-hybridized carbons (Fsp3) is 0.471. The number of carbonyl (C=O) groups is 1. The van der Waals surface area contributed by atoms with E-state index in [-0.39, 0.29) is 16.8 Å². The first-order valence-electron chi connectivity index (χ1n) is 8.15. The number of thioether (sulfide) groups is 1. The molecule has 0 bridgehead atoms. The summed E-state index contributed by atoms with van der Waals surface area (Å²) in [4.78, 5) is 24.1. The summed E-state index contributed by atoms with van der Waals surface area (Å²) in [6.07, 6.45) is 0.706. The number of aryl methyl sites for hydroxylation is 1. The predicted molar refractivity (Wildman–Crippen MR) is 97.7 cm³/mol. The molecule has 0 saturated carbocycles. The first-order valence-corrected chi connectivity index (χ1v) is 9.03. The van der Waals surface area contributed by atoms with Crippen LogP contribution in [0, 0.1) is 6.92 Å². The van der Waals surface area contributed by atoms with Gasteiger partial charge in [-0.2, -0.15) is 0 Å². The topological polar surface area (TPSA) is 89.0 Å². The van der Waals surface area contributed by atoms with Crippen LogP contribution in [0.2, 0.25) is 0 Å². The minimum absolute atomic E-state index is 0.0931. The van der Waals surface area contributed by atoms with E-state index in [1.54, 1.807) is 14.0 Å². The van der Waals surface area contributed by atoms with Crippen LogP contribution in [0.25, 0.3) is 0 Å². The van der Waals surface area contributed by atoms with Crippen molar-refractivity contribution >= 4 is 17.7 Å². The van der Waals surface area contributed by atoms with E-state index in [9.17, 15) is 9.59 Å². The lowest BCUT2D eigenvalue weighted by atomic mass is 10.1. The van der Waals surface area contributed by atoms with Gasteiger partial charge in [-0.05, 0) is 25.8 Å². The second kappa shape index (κ2) is 9.43. The van der Waals surface area contributed by atoms with E-state index < -0.39 is 0 Å². The lowest BCUT2D eigenvalue weighted by molar-refractivity contribution is -0.120. The van der Waals surface area contributed by atoms with Crippen molar-refractivity contribution in [3.8, 4) is 0 Å². The number of amides is 1. The van der Waals surface area contributed by atoms with Crippen LogP contribution in [0.3, 0.4) is 0 Å². The number of nitrogens with zero attached hydrogens (tertiary/aromatic N) is 2. The average Bonchev–Trinajstić information content (AvgIpc) is 2.94. The Balaban J connectivity index is 1.90. The van der Waals surface area contributed by atoms with Gasteiger partial charge in [-0.1, -0.05) is 41.6 Å². The van der Waals surface area contributed by atoms with Crippen molar-refractivity contribution in [1.29, 1.82) is 0 Å². The molecule has 0 aliphatic rings. The number of H-pyrrole nitrogens is 1. The molecule has 136 valence electrons. The average molecular weight is 364 g/mol. The Labute approximate surface area is 151 Å². The zero-order valence-electron chi connectivity index (χ0n) is 14.7. The van der Waals surface area contributed by atoms with Crippen LogP contribution in [0.15, 0.2) is 34.2 Å². The third-order valence-electron chi connectivity index (χ3n) is 3.69. The molecule has 7 nitrogen and oxygen atoms in total. The second-order valence-corrected chi connectivity index (χ2v) is 7.08. The number of carbonyl (C=O) groups excluding carboxylic acids is 1. The minimum atomic E-state index is -0.359. The minimum Gasteiger partial charge on any atom is -0.385 e. The van der Waals surface area contributed by atoms with Crippen LogP contribution >= 0.6 is 11.8 Å². The quantitative estimate of drug-likeness (QED) is 0.522. The highest BCUT2D eigenvalue weighted by atomic mass is 32.2. The van der Waals surface area contributed by atoms with Gasteiger partial charge in [-0.15, -0.1) is 5.10 Å². The van der Waals surface area contributed by atoms with Gasteiger partial charge in [0.1, 0.15) is 0 Å². The fourth-order valence-electron chi connectivity index (χ4n) is 2.21. The maximum absolute atomic E-state index is 12.3. The van der Waals surface area contributed by atoms with Gasteiger partial charge in [0, 0.05) is 26.8 Å². The van der Waals surface area contributed by atoms with Gasteiger partial charge in [-0.25, -0.2) is 9.89 Å². The molecule has 8 heteroatoms. The Bertz CT molecular complexity index is 739. The molecular formula is C17H24N4O3S. The summed E-state index contributed by atoms with van der Waals surface area (Å²) < 4.78 is 6.54. The van der Waals surface area contributed by atoms with Crippen molar-refractivity contribution in [2.75, 3.05) is 13.7 Å². The molecule has 2 N–H and O–H groups in total. The van der Waals surface area contributed by atoms with E-state index >= 15 is 0 Å². The van der Waals surface area contributed by atoms with Crippen molar-refractivity contribution in [2.24, 2.45) is 0 Å². The maximum Gasteiger partial charge on any atom is 0.343 e. The number of methoxy groups -OCH3 is 1. The maximum atomic E-state index is 12.3. The lowest BCUT2D eigenvalue weighted by Crippen LogP contribution is -2.31. The molecule has 0 radical (unpaired) electrons. The summed E-state index contributed by atoms with van der Waals surface area (Å²) in [6, 6.07) is 8.02. The van der Waals surface area contributed by atoms with E-state index in [4.69, 9.17) is 4.74 Å². The monoisotopic (exact) mass is 364 g/mol. The SMILES string of the molecule is COCCCn1c(SC(C)C(=O)NCc2ccc(C)cc2)n[nH]c1=O. The van der Waals surface area contributed by atoms with E-state index in [1.165, 1.54) is 21.9 Å². The first-order chi connectivity index (χ1) is 12.0. The Kier molecular flexibility index (Phi) is 7.27. The Morgan fingerprint density at radius 3 is 2.80 bits per heavy atom. The van der Waals surface area contributed by atoms with Gasteiger partial charge in [-0.3, -0.25) is 9.36 Å². The van der Waals surface area contributed by atoms with Crippen LogP contribution in [-0.2, 0) is 22.6 Å². The Morgan fingerprint density at radius 1 is 1.40 bits per heavy atom. The van der Waals surface area contributed by atoms with Crippen molar-refractivity contribution < 1.29 is 9.53 Å². The number of aromatic nitrogens is 3. The third kappa shape index (κ3) is 5.75. The summed E-state index contributed by atoms with van der Waals surface area (Å²) in [5.41, 5.74) is 1.96. The number of rotatable bonds is 9. The van der Waals surface area contributed by atoms with Gasteiger partial charge in [0.2, 0.25) is 5.91 Å². The van der Waals surface area contributed by atoms with E-state index in [0.29, 0.717) is 31.3 Å². The number of hydrogen-bond acceptors (Lipinski definition) is 5. The van der Waals surface area contributed by atoms with Gasteiger partial charge >= 0.3 is 5.69 Å². The van der Waals surface area contributed by atoms with Crippen molar-refractivity contribution in [3.05, 3.63) is 45.9 Å². The highest BCUT2D eigenvalue weighted by molar-refractivity contribution is 8.00. The van der Waals surface area contributed by atoms with Crippen LogP contribution < -0.4 is 11.0 Å². The largest absolute Gasteiger partial charge is 0.385 e. The van der Waals surface area contributed by atoms with Crippen molar-refractivity contribution in [1.82, 2.24) is 20.1 Å². The normalized spacial score (nSPS) is 12.1. The van der Waals surface area contributed by atoms with E-state index in [2.05, 4.69) is 15.5 Å². The van der Waals surface area contributed by atoms with Gasteiger partial charge in [0.05, 0.1) is 5.25 Å². The zero-order chi connectivity index (χ0) is 18.2. The molecule has 1 amide bonds. The van der Waals surface area contributed by atoms with E-state index in [1.807, 2.05) is 31.2 Å². The van der Waals surface area contributed by atoms with Crippen molar-refractivity contribution in [2.45, 2.75) is 43.8 Å². The summed E-state index contributed by atoms with van der Waals surface area (Å²) >= 11 is 1.26. The molecule has 1 atom stereocenters. The highest BCUT2D eigenvalue weighted by Crippen LogP contribution is 2.20. The second-order valence-electron chi connectivity index (χ2n) is 5.77. The molecule has 2 rings (SSSR count). The molecule has 0 aliphatic heterocycles. The molecule has 0 aliphatic carbocycles. The fourth-order valence-corrected chi connectivity index (χ4v) is 3.11. The van der Waals surface area contributed by atoms with Crippen molar-refractivity contribution in [3.63, 3.8) is 0 Å². The third-order valence-corrected chi connectivity index (χ3v) is 4.78. The zero-order valence-corrected chi connectivity index (χ0v) is 15.6.